The van der Waals surface area contributed by atoms with Gasteiger partial charge in [0.2, 0.25) is 0 Å². The lowest BCUT2D eigenvalue weighted by Gasteiger charge is -2.35. The summed E-state index contributed by atoms with van der Waals surface area (Å²) in [5.41, 5.74) is -0.253. The molecule has 0 bridgehead atoms. The van der Waals surface area contributed by atoms with E-state index in [2.05, 4.69) is 10.6 Å². The maximum Gasteiger partial charge on any atom is 0.407 e. The molecule has 1 heterocycles. The number of urea groups is 1. The molecule has 1 saturated carbocycles. The number of benzene rings is 2. The fourth-order valence-corrected chi connectivity index (χ4v) is 4.42. The SMILES string of the molecule is O=C(NC1CCC2(CC1)NC(=O)N(CCOc1ccc(F)cc1)C2=O)OCc1ccccc1Cl. The highest BCUT2D eigenvalue weighted by Crippen LogP contribution is 2.34. The normalized spacial score (nSPS) is 21.9. The molecule has 0 atom stereocenters. The third-order valence-electron chi connectivity index (χ3n) is 6.12. The van der Waals surface area contributed by atoms with Crippen LogP contribution in [-0.4, -0.2) is 47.7 Å². The van der Waals surface area contributed by atoms with Crippen molar-refractivity contribution >= 4 is 29.6 Å². The van der Waals surface area contributed by atoms with E-state index < -0.39 is 17.7 Å². The second-order valence-electron chi connectivity index (χ2n) is 8.36. The summed E-state index contributed by atoms with van der Waals surface area (Å²) >= 11 is 6.07. The first-order valence-corrected chi connectivity index (χ1v) is 11.4. The first-order chi connectivity index (χ1) is 16.4. The Kier molecular flexibility index (Phi) is 7.21. The van der Waals surface area contributed by atoms with E-state index in [4.69, 9.17) is 21.1 Å². The number of carbonyl (C=O) groups excluding carboxylic acids is 3. The zero-order valence-corrected chi connectivity index (χ0v) is 19.1. The van der Waals surface area contributed by atoms with Gasteiger partial charge in [0.1, 0.15) is 30.3 Å². The number of carbonyl (C=O) groups is 3. The van der Waals surface area contributed by atoms with E-state index in [9.17, 15) is 18.8 Å². The van der Waals surface area contributed by atoms with Crippen molar-refractivity contribution in [3.05, 3.63) is 64.9 Å². The second-order valence-corrected chi connectivity index (χ2v) is 8.76. The zero-order valence-electron chi connectivity index (χ0n) is 18.4. The Morgan fingerprint density at radius 2 is 1.85 bits per heavy atom. The van der Waals surface area contributed by atoms with Crippen molar-refractivity contribution in [1.82, 2.24) is 15.5 Å². The van der Waals surface area contributed by atoms with Gasteiger partial charge >= 0.3 is 12.1 Å². The average molecular weight is 490 g/mol. The molecule has 180 valence electrons. The first-order valence-electron chi connectivity index (χ1n) is 11.1. The molecule has 2 N–H and O–H groups in total. The molecule has 0 unspecified atom stereocenters. The lowest BCUT2D eigenvalue weighted by Crippen LogP contribution is -2.53. The number of hydrogen-bond donors (Lipinski definition) is 2. The smallest absolute Gasteiger partial charge is 0.407 e. The molecule has 10 heteroatoms. The van der Waals surface area contributed by atoms with Crippen LogP contribution < -0.4 is 15.4 Å². The van der Waals surface area contributed by atoms with E-state index in [1.54, 1.807) is 18.2 Å². The topological polar surface area (TPSA) is 97.0 Å². The Labute approximate surface area is 201 Å². The van der Waals surface area contributed by atoms with Crippen LogP contribution in [0.5, 0.6) is 5.75 Å². The molecule has 2 aliphatic rings. The molecule has 1 aliphatic heterocycles. The molecule has 1 aliphatic carbocycles. The number of ether oxygens (including phenoxy) is 2. The van der Waals surface area contributed by atoms with Gasteiger partial charge in [0.25, 0.3) is 5.91 Å². The van der Waals surface area contributed by atoms with Gasteiger partial charge in [0, 0.05) is 16.6 Å². The highest BCUT2D eigenvalue weighted by atomic mass is 35.5. The number of rotatable bonds is 7. The summed E-state index contributed by atoms with van der Waals surface area (Å²) in [6.07, 6.45) is 1.30. The Morgan fingerprint density at radius 3 is 2.56 bits per heavy atom. The van der Waals surface area contributed by atoms with Crippen molar-refractivity contribution in [1.29, 1.82) is 0 Å². The Bertz CT molecular complexity index is 1060. The predicted molar refractivity (Wildman–Crippen MR) is 122 cm³/mol. The minimum atomic E-state index is -0.966. The van der Waals surface area contributed by atoms with Crippen LogP contribution in [0.1, 0.15) is 31.2 Å². The summed E-state index contributed by atoms with van der Waals surface area (Å²) in [6, 6.07) is 12.0. The van der Waals surface area contributed by atoms with Crippen molar-refractivity contribution in [2.75, 3.05) is 13.2 Å². The fraction of sp³-hybridized carbons (Fsp3) is 0.375. The first kappa shape index (κ1) is 23.8. The fourth-order valence-electron chi connectivity index (χ4n) is 4.23. The highest BCUT2D eigenvalue weighted by molar-refractivity contribution is 6.31. The van der Waals surface area contributed by atoms with Crippen molar-refractivity contribution < 1.29 is 28.2 Å². The van der Waals surface area contributed by atoms with E-state index >= 15 is 0 Å². The van der Waals surface area contributed by atoms with Gasteiger partial charge in [-0.05, 0) is 56.0 Å². The van der Waals surface area contributed by atoms with Gasteiger partial charge in [0.15, 0.2) is 0 Å². The number of nitrogens with zero attached hydrogens (tertiary/aromatic N) is 1. The lowest BCUT2D eigenvalue weighted by molar-refractivity contribution is -0.132. The molecule has 4 rings (SSSR count). The van der Waals surface area contributed by atoms with E-state index in [1.165, 1.54) is 24.3 Å². The lowest BCUT2D eigenvalue weighted by atomic mass is 9.79. The number of amides is 4. The summed E-state index contributed by atoms with van der Waals surface area (Å²) < 4.78 is 23.7. The van der Waals surface area contributed by atoms with E-state index in [-0.39, 0.29) is 37.5 Å². The summed E-state index contributed by atoms with van der Waals surface area (Å²) in [7, 11) is 0. The molecule has 0 aromatic heterocycles. The van der Waals surface area contributed by atoms with Crippen LogP contribution in [0.4, 0.5) is 14.0 Å². The number of imide groups is 1. The zero-order chi connectivity index (χ0) is 24.1. The molecule has 2 aromatic rings. The quantitative estimate of drug-likeness (QED) is 0.573. The van der Waals surface area contributed by atoms with Gasteiger partial charge in [-0.2, -0.15) is 0 Å². The third kappa shape index (κ3) is 5.41. The maximum absolute atomic E-state index is 13.0. The molecule has 8 nitrogen and oxygen atoms in total. The molecule has 1 spiro atoms. The van der Waals surface area contributed by atoms with Crippen LogP contribution >= 0.6 is 11.6 Å². The molecule has 2 aromatic carbocycles. The maximum atomic E-state index is 13.0. The summed E-state index contributed by atoms with van der Waals surface area (Å²) in [5.74, 6) is -0.210. The molecular formula is C24H25ClFN3O5. The number of alkyl carbamates (subject to hydrolysis) is 1. The number of nitrogens with one attached hydrogen (secondary N) is 2. The van der Waals surface area contributed by atoms with Crippen LogP contribution in [0.25, 0.3) is 0 Å². The third-order valence-corrected chi connectivity index (χ3v) is 6.49. The van der Waals surface area contributed by atoms with Crippen LogP contribution in [0.2, 0.25) is 5.02 Å². The van der Waals surface area contributed by atoms with Gasteiger partial charge in [-0.15, -0.1) is 0 Å². The van der Waals surface area contributed by atoms with Gasteiger partial charge in [0.05, 0.1) is 6.54 Å². The Balaban J connectivity index is 1.23. The molecular weight excluding hydrogens is 465 g/mol. The van der Waals surface area contributed by atoms with Gasteiger partial charge in [-0.1, -0.05) is 29.8 Å². The molecule has 0 radical (unpaired) electrons. The minimum Gasteiger partial charge on any atom is -0.492 e. The van der Waals surface area contributed by atoms with Gasteiger partial charge < -0.3 is 20.1 Å². The van der Waals surface area contributed by atoms with Crippen LogP contribution in [-0.2, 0) is 16.1 Å². The Hall–Kier alpha value is -3.33. The van der Waals surface area contributed by atoms with E-state index in [0.717, 1.165) is 4.90 Å². The van der Waals surface area contributed by atoms with Crippen LogP contribution in [0.15, 0.2) is 48.5 Å². The van der Waals surface area contributed by atoms with Crippen molar-refractivity contribution in [3.8, 4) is 5.75 Å². The average Bonchev–Trinajstić information content (AvgIpc) is 3.05. The van der Waals surface area contributed by atoms with Gasteiger partial charge in [-0.25, -0.2) is 14.0 Å². The molecule has 1 saturated heterocycles. The monoisotopic (exact) mass is 489 g/mol. The standard InChI is InChI=1S/C24H25ClFN3O5/c25-20-4-2-1-3-16(20)15-34-23(32)27-18-9-11-24(12-10-18)21(30)29(22(31)28-24)13-14-33-19-7-5-17(26)6-8-19/h1-8,18H,9-15H2,(H,27,32)(H,28,31). The van der Waals surface area contributed by atoms with Crippen LogP contribution in [0.3, 0.4) is 0 Å². The van der Waals surface area contributed by atoms with Crippen LogP contribution in [0, 0.1) is 5.82 Å². The number of hydrogen-bond acceptors (Lipinski definition) is 5. The summed E-state index contributed by atoms with van der Waals surface area (Å²) in [4.78, 5) is 38.8. The highest BCUT2D eigenvalue weighted by Gasteiger charge is 2.52. The van der Waals surface area contributed by atoms with Crippen molar-refractivity contribution in [2.45, 2.75) is 43.9 Å². The second kappa shape index (κ2) is 10.3. The van der Waals surface area contributed by atoms with Crippen molar-refractivity contribution in [3.63, 3.8) is 0 Å². The molecule has 2 fully saturated rings. The van der Waals surface area contributed by atoms with E-state index in [0.29, 0.717) is 42.0 Å². The number of halogens is 2. The molecule has 4 amide bonds. The minimum absolute atomic E-state index is 0.0612. The van der Waals surface area contributed by atoms with E-state index in [1.807, 2.05) is 6.07 Å². The Morgan fingerprint density at radius 1 is 1.15 bits per heavy atom. The molecule has 34 heavy (non-hydrogen) atoms. The van der Waals surface area contributed by atoms with Gasteiger partial charge in [-0.3, -0.25) is 9.69 Å². The van der Waals surface area contributed by atoms with Crippen molar-refractivity contribution in [2.24, 2.45) is 0 Å². The predicted octanol–water partition coefficient (Wildman–Crippen LogP) is 4.02. The largest absolute Gasteiger partial charge is 0.492 e. The summed E-state index contributed by atoms with van der Waals surface area (Å²) in [6.45, 7) is 0.244. The summed E-state index contributed by atoms with van der Waals surface area (Å²) in [5, 5.41) is 6.17.